The van der Waals surface area contributed by atoms with E-state index in [2.05, 4.69) is 47.0 Å². The second-order valence-corrected chi connectivity index (χ2v) is 12.4. The Morgan fingerprint density at radius 2 is 0.961 bits per heavy atom. The standard InChI is InChI=1S/C45H26N4O2/c1-2-11-27(12-3-1)43-46-44(28-21-23-33-32-15-6-9-19-38(32)50-40(33)25-28)48-45(47-43)29-22-24-34-41(26-29)51-39-20-10-18-37(42(34)39)49-35-16-7-4-13-30(35)31-14-5-8-17-36(31)49/h1-26H/i1D,2D,3D,11D,12D. The van der Waals surface area contributed by atoms with Crippen LogP contribution in [-0.2, 0) is 0 Å². The number of hydrogen-bond acceptors (Lipinski definition) is 5. The molecule has 0 saturated heterocycles. The lowest BCUT2D eigenvalue weighted by Crippen LogP contribution is -2.00. The minimum atomic E-state index is -0.496. The maximum absolute atomic E-state index is 8.74. The van der Waals surface area contributed by atoms with E-state index >= 15 is 0 Å². The summed E-state index contributed by atoms with van der Waals surface area (Å²) in [5.74, 6) is 0.439. The topological polar surface area (TPSA) is 69.9 Å². The molecule has 11 aromatic rings. The molecule has 6 heteroatoms. The summed E-state index contributed by atoms with van der Waals surface area (Å²) >= 11 is 0. The first-order chi connectivity index (χ1) is 27.3. The Morgan fingerprint density at radius 3 is 1.67 bits per heavy atom. The highest BCUT2D eigenvalue weighted by atomic mass is 16.3. The van der Waals surface area contributed by atoms with Crippen molar-refractivity contribution >= 4 is 65.7 Å². The lowest BCUT2D eigenvalue weighted by Gasteiger charge is -2.10. The fourth-order valence-corrected chi connectivity index (χ4v) is 7.29. The molecule has 7 aromatic carbocycles. The lowest BCUT2D eigenvalue weighted by atomic mass is 10.1. The molecule has 0 spiro atoms. The molecule has 0 N–H and O–H groups in total. The second-order valence-electron chi connectivity index (χ2n) is 12.4. The van der Waals surface area contributed by atoms with Crippen LogP contribution in [-0.4, -0.2) is 19.5 Å². The number of nitrogens with zero attached hydrogens (tertiary/aromatic N) is 4. The summed E-state index contributed by atoms with van der Waals surface area (Å²) in [7, 11) is 0. The molecule has 0 fully saturated rings. The Morgan fingerprint density at radius 1 is 0.431 bits per heavy atom. The van der Waals surface area contributed by atoms with Crippen molar-refractivity contribution in [2.45, 2.75) is 0 Å². The fourth-order valence-electron chi connectivity index (χ4n) is 7.29. The zero-order chi connectivity index (χ0) is 37.8. The first-order valence-corrected chi connectivity index (χ1v) is 16.5. The summed E-state index contributed by atoms with van der Waals surface area (Å²) in [6.45, 7) is 0. The van der Waals surface area contributed by atoms with Crippen LogP contribution in [0.1, 0.15) is 6.85 Å². The first-order valence-electron chi connectivity index (χ1n) is 19.0. The molecule has 0 radical (unpaired) electrons. The molecule has 238 valence electrons. The van der Waals surface area contributed by atoms with Crippen LogP contribution in [0.25, 0.3) is 106 Å². The maximum atomic E-state index is 8.74. The van der Waals surface area contributed by atoms with E-state index in [1.165, 1.54) is 0 Å². The van der Waals surface area contributed by atoms with Crippen LogP contribution in [0, 0.1) is 0 Å². The predicted molar refractivity (Wildman–Crippen MR) is 205 cm³/mol. The van der Waals surface area contributed by atoms with E-state index in [0.29, 0.717) is 27.9 Å². The van der Waals surface area contributed by atoms with E-state index in [1.807, 2.05) is 84.9 Å². The van der Waals surface area contributed by atoms with Crippen LogP contribution < -0.4 is 0 Å². The third-order valence-corrected chi connectivity index (χ3v) is 9.55. The molecule has 11 rings (SSSR count). The molecule has 0 amide bonds. The van der Waals surface area contributed by atoms with Gasteiger partial charge in [-0.15, -0.1) is 0 Å². The predicted octanol–water partition coefficient (Wildman–Crippen LogP) is 11.8. The lowest BCUT2D eigenvalue weighted by molar-refractivity contribution is 0.668. The third kappa shape index (κ3) is 4.26. The SMILES string of the molecule is [2H]c1c([2H])c([2H])c(-c2nc(-c3ccc4c(c3)oc3ccccc34)nc(-c3ccc4c(c3)oc3cccc(-n5c6ccccc6c6ccccc65)c34)n2)c([2H])c1[2H]. The number of fused-ring (bicyclic) bond motifs is 9. The van der Waals surface area contributed by atoms with Crippen LogP contribution in [0.4, 0.5) is 0 Å². The molecule has 0 aliphatic heterocycles. The van der Waals surface area contributed by atoms with E-state index in [0.717, 1.165) is 54.6 Å². The van der Waals surface area contributed by atoms with E-state index in [4.69, 9.17) is 30.6 Å². The molecule has 6 nitrogen and oxygen atoms in total. The molecule has 0 bridgehead atoms. The summed E-state index contributed by atoms with van der Waals surface area (Å²) in [5.41, 5.74) is 6.95. The van der Waals surface area contributed by atoms with Crippen LogP contribution in [0.3, 0.4) is 0 Å². The minimum absolute atomic E-state index is 0.0509. The molecular weight excluding hydrogens is 629 g/mol. The number of aromatic nitrogens is 4. The number of benzene rings is 7. The van der Waals surface area contributed by atoms with Crippen molar-refractivity contribution in [1.29, 1.82) is 0 Å². The average Bonchev–Trinajstić information content (AvgIpc) is 3.91. The van der Waals surface area contributed by atoms with Gasteiger partial charge in [0.2, 0.25) is 0 Å². The van der Waals surface area contributed by atoms with Gasteiger partial charge in [0.15, 0.2) is 17.5 Å². The summed E-state index contributed by atoms with van der Waals surface area (Å²) in [6, 6.07) is 39.8. The number of hydrogen-bond donors (Lipinski definition) is 0. The minimum Gasteiger partial charge on any atom is -0.456 e. The van der Waals surface area contributed by atoms with Crippen molar-refractivity contribution in [2.24, 2.45) is 0 Å². The van der Waals surface area contributed by atoms with Crippen LogP contribution in [0.5, 0.6) is 0 Å². The highest BCUT2D eigenvalue weighted by molar-refractivity contribution is 6.14. The van der Waals surface area contributed by atoms with Gasteiger partial charge in [0.05, 0.1) is 29.0 Å². The second kappa shape index (κ2) is 10.7. The Bertz CT molecular complexity index is 3380. The van der Waals surface area contributed by atoms with Crippen molar-refractivity contribution in [3.8, 4) is 39.9 Å². The van der Waals surface area contributed by atoms with Gasteiger partial charge >= 0.3 is 0 Å². The van der Waals surface area contributed by atoms with Gasteiger partial charge in [0, 0.05) is 43.6 Å². The van der Waals surface area contributed by atoms with E-state index in [9.17, 15) is 0 Å². The Balaban J connectivity index is 1.13. The van der Waals surface area contributed by atoms with Crippen molar-refractivity contribution in [3.05, 3.63) is 158 Å². The van der Waals surface area contributed by atoms with Crippen LogP contribution in [0.2, 0.25) is 0 Å². The molecule has 0 unspecified atom stereocenters. The van der Waals surface area contributed by atoms with Gasteiger partial charge in [-0.2, -0.15) is 0 Å². The highest BCUT2D eigenvalue weighted by Crippen LogP contribution is 2.40. The van der Waals surface area contributed by atoms with Gasteiger partial charge in [-0.25, -0.2) is 15.0 Å². The van der Waals surface area contributed by atoms with Crippen LogP contribution >= 0.6 is 0 Å². The van der Waals surface area contributed by atoms with E-state index < -0.39 is 30.2 Å². The Kier molecular flexibility index (Phi) is 4.91. The molecule has 0 saturated carbocycles. The zero-order valence-electron chi connectivity index (χ0n) is 31.7. The van der Waals surface area contributed by atoms with Crippen molar-refractivity contribution in [3.63, 3.8) is 0 Å². The van der Waals surface area contributed by atoms with Gasteiger partial charge in [-0.3, -0.25) is 0 Å². The van der Waals surface area contributed by atoms with Gasteiger partial charge < -0.3 is 13.4 Å². The third-order valence-electron chi connectivity index (χ3n) is 9.55. The van der Waals surface area contributed by atoms with Crippen LogP contribution in [0.15, 0.2) is 166 Å². The summed E-state index contributed by atoms with van der Waals surface area (Å²) in [4.78, 5) is 14.4. The summed E-state index contributed by atoms with van der Waals surface area (Å²) < 4.78 is 57.3. The van der Waals surface area contributed by atoms with E-state index in [1.54, 1.807) is 0 Å². The van der Waals surface area contributed by atoms with Gasteiger partial charge in [0.25, 0.3) is 0 Å². The Hall–Kier alpha value is -7.05. The summed E-state index contributed by atoms with van der Waals surface area (Å²) in [5, 5.41) is 6.09. The smallest absolute Gasteiger partial charge is 0.164 e. The number of para-hydroxylation sites is 3. The molecule has 4 aromatic heterocycles. The molecular formula is C45H26N4O2. The number of rotatable bonds is 4. The first kappa shape index (κ1) is 23.3. The highest BCUT2D eigenvalue weighted by Gasteiger charge is 2.19. The monoisotopic (exact) mass is 659 g/mol. The largest absolute Gasteiger partial charge is 0.456 e. The van der Waals surface area contributed by atoms with Crippen molar-refractivity contribution in [2.75, 3.05) is 0 Å². The zero-order valence-corrected chi connectivity index (χ0v) is 26.7. The quantitative estimate of drug-likeness (QED) is 0.188. The van der Waals surface area contributed by atoms with Gasteiger partial charge in [-0.05, 0) is 54.6 Å². The molecule has 4 heterocycles. The molecule has 0 aliphatic rings. The molecule has 51 heavy (non-hydrogen) atoms. The number of furan rings is 2. The normalized spacial score (nSPS) is 13.3. The fraction of sp³-hybridized carbons (Fsp3) is 0. The van der Waals surface area contributed by atoms with Gasteiger partial charge in [-0.1, -0.05) is 103 Å². The van der Waals surface area contributed by atoms with Crippen molar-refractivity contribution in [1.82, 2.24) is 19.5 Å². The van der Waals surface area contributed by atoms with Gasteiger partial charge in [0.1, 0.15) is 22.3 Å². The average molecular weight is 660 g/mol. The van der Waals surface area contributed by atoms with Crippen molar-refractivity contribution < 1.29 is 15.7 Å². The molecule has 0 aliphatic carbocycles. The van der Waals surface area contributed by atoms with E-state index in [-0.39, 0.29) is 23.0 Å². The maximum Gasteiger partial charge on any atom is 0.164 e. The summed E-state index contributed by atoms with van der Waals surface area (Å²) in [6.07, 6.45) is 0. The molecule has 0 atom stereocenters. The Labute approximate surface area is 297 Å².